The summed E-state index contributed by atoms with van der Waals surface area (Å²) in [6.45, 7) is 1.75. The molecular formula is C23H20N2O3S. The fourth-order valence-electron chi connectivity index (χ4n) is 3.49. The fraction of sp³-hybridized carbons (Fsp3) is 0.174. The zero-order valence-electron chi connectivity index (χ0n) is 16.0. The van der Waals surface area contributed by atoms with Crippen LogP contribution in [0.3, 0.4) is 0 Å². The normalized spacial score (nSPS) is 12.4. The van der Waals surface area contributed by atoms with Gasteiger partial charge in [0.1, 0.15) is 5.75 Å². The first-order valence-electron chi connectivity index (χ1n) is 9.39. The first kappa shape index (κ1) is 18.0. The van der Waals surface area contributed by atoms with Crippen molar-refractivity contribution in [2.75, 3.05) is 13.9 Å². The van der Waals surface area contributed by atoms with E-state index in [0.29, 0.717) is 13.3 Å². The summed E-state index contributed by atoms with van der Waals surface area (Å²) >= 11 is 1.68. The molecule has 1 N–H and O–H groups in total. The number of hydrogen-bond donors (Lipinski definition) is 1. The first-order valence-corrected chi connectivity index (χ1v) is 10.3. The van der Waals surface area contributed by atoms with Gasteiger partial charge in [0.05, 0.1) is 18.3 Å². The third kappa shape index (κ3) is 3.64. The highest BCUT2D eigenvalue weighted by atomic mass is 32.1. The molecule has 2 aromatic heterocycles. The molecule has 0 unspecified atom stereocenters. The van der Waals surface area contributed by atoms with Crippen molar-refractivity contribution < 1.29 is 14.2 Å². The Bertz CT molecular complexity index is 1160. The summed E-state index contributed by atoms with van der Waals surface area (Å²) in [5.41, 5.74) is 5.40. The van der Waals surface area contributed by atoms with Gasteiger partial charge in [-0.15, -0.1) is 0 Å². The first-order chi connectivity index (χ1) is 14.3. The third-order valence-electron chi connectivity index (χ3n) is 4.98. The number of rotatable bonds is 6. The maximum atomic E-state index is 5.47. The quantitative estimate of drug-likeness (QED) is 0.491. The summed E-state index contributed by atoms with van der Waals surface area (Å²) in [6, 6.07) is 16.4. The molecule has 146 valence electrons. The van der Waals surface area contributed by atoms with Crippen LogP contribution in [-0.4, -0.2) is 18.9 Å². The Balaban J connectivity index is 1.41. The second-order valence-corrected chi connectivity index (χ2v) is 7.64. The number of aromatic nitrogens is 1. The van der Waals surface area contributed by atoms with E-state index in [1.165, 1.54) is 5.56 Å². The topological polar surface area (TPSA) is 52.6 Å². The molecule has 5 rings (SSSR count). The van der Waals surface area contributed by atoms with Crippen LogP contribution in [0.2, 0.25) is 0 Å². The van der Waals surface area contributed by atoms with Crippen LogP contribution in [0, 0.1) is 0 Å². The summed E-state index contributed by atoms with van der Waals surface area (Å²) in [5.74, 6) is 2.43. The van der Waals surface area contributed by atoms with Gasteiger partial charge in [0.25, 0.3) is 0 Å². The molecule has 0 radical (unpaired) electrons. The van der Waals surface area contributed by atoms with Gasteiger partial charge < -0.3 is 19.5 Å². The molecule has 0 bridgehead atoms. The second kappa shape index (κ2) is 7.73. The lowest BCUT2D eigenvalue weighted by molar-refractivity contribution is 0.174. The number of methoxy groups -OCH3 is 1. The van der Waals surface area contributed by atoms with E-state index in [2.05, 4.69) is 40.3 Å². The molecule has 0 fully saturated rings. The average Bonchev–Trinajstić information content (AvgIpc) is 3.44. The standard InChI is InChI=1S/C23H20N2O3S/c1-26-19-4-3-16-9-18(23(25-20(16)10-19)17-6-7-29-13-17)12-24-11-15-2-5-21-22(8-15)28-14-27-21/h2-10,13,24H,11-12,14H2,1H3. The zero-order valence-corrected chi connectivity index (χ0v) is 16.8. The van der Waals surface area contributed by atoms with Crippen molar-refractivity contribution in [1.82, 2.24) is 10.3 Å². The minimum Gasteiger partial charge on any atom is -0.497 e. The lowest BCUT2D eigenvalue weighted by Gasteiger charge is -2.12. The van der Waals surface area contributed by atoms with Gasteiger partial charge in [0.15, 0.2) is 11.5 Å². The Hall–Kier alpha value is -3.09. The molecule has 29 heavy (non-hydrogen) atoms. The molecule has 1 aliphatic rings. The smallest absolute Gasteiger partial charge is 0.231 e. The van der Waals surface area contributed by atoms with Crippen molar-refractivity contribution in [2.45, 2.75) is 13.1 Å². The number of fused-ring (bicyclic) bond motifs is 2. The number of ether oxygens (including phenoxy) is 3. The van der Waals surface area contributed by atoms with Gasteiger partial charge in [-0.25, -0.2) is 4.98 Å². The van der Waals surface area contributed by atoms with E-state index >= 15 is 0 Å². The largest absolute Gasteiger partial charge is 0.497 e. The van der Waals surface area contributed by atoms with Crippen molar-refractivity contribution in [3.8, 4) is 28.5 Å². The Morgan fingerprint density at radius 3 is 2.83 bits per heavy atom. The molecule has 0 spiro atoms. The molecule has 0 saturated carbocycles. The molecule has 5 nitrogen and oxygen atoms in total. The van der Waals surface area contributed by atoms with Crippen LogP contribution in [0.5, 0.6) is 17.2 Å². The molecule has 2 aromatic carbocycles. The monoisotopic (exact) mass is 404 g/mol. The van der Waals surface area contributed by atoms with Crippen LogP contribution in [-0.2, 0) is 13.1 Å². The van der Waals surface area contributed by atoms with Crippen molar-refractivity contribution >= 4 is 22.2 Å². The average molecular weight is 404 g/mol. The Kier molecular flexibility index (Phi) is 4.79. The number of benzene rings is 2. The van der Waals surface area contributed by atoms with Gasteiger partial charge in [-0.1, -0.05) is 6.07 Å². The molecule has 1 aliphatic heterocycles. The van der Waals surface area contributed by atoms with E-state index in [1.807, 2.05) is 24.3 Å². The van der Waals surface area contributed by atoms with E-state index < -0.39 is 0 Å². The van der Waals surface area contributed by atoms with Crippen LogP contribution < -0.4 is 19.5 Å². The molecule has 6 heteroatoms. The van der Waals surface area contributed by atoms with Gasteiger partial charge in [0, 0.05) is 35.5 Å². The predicted octanol–water partition coefficient (Wildman–Crippen LogP) is 4.99. The third-order valence-corrected chi connectivity index (χ3v) is 5.66. The molecule has 0 atom stereocenters. The maximum Gasteiger partial charge on any atom is 0.231 e. The number of pyridine rings is 1. The Morgan fingerprint density at radius 2 is 1.97 bits per heavy atom. The number of thiophene rings is 1. The Morgan fingerprint density at radius 1 is 1.03 bits per heavy atom. The summed E-state index contributed by atoms with van der Waals surface area (Å²) < 4.78 is 16.2. The molecule has 0 saturated heterocycles. The minimum atomic E-state index is 0.295. The zero-order chi connectivity index (χ0) is 19.6. The van der Waals surface area contributed by atoms with Gasteiger partial charge in [-0.05, 0) is 52.9 Å². The maximum absolute atomic E-state index is 5.47. The highest BCUT2D eigenvalue weighted by Gasteiger charge is 2.14. The van der Waals surface area contributed by atoms with Crippen LogP contribution in [0.4, 0.5) is 0 Å². The second-order valence-electron chi connectivity index (χ2n) is 6.86. The van der Waals surface area contributed by atoms with Crippen molar-refractivity contribution in [3.63, 3.8) is 0 Å². The van der Waals surface area contributed by atoms with Crippen molar-refractivity contribution in [2.24, 2.45) is 0 Å². The van der Waals surface area contributed by atoms with Crippen molar-refractivity contribution in [1.29, 1.82) is 0 Å². The van der Waals surface area contributed by atoms with Crippen LogP contribution in [0.25, 0.3) is 22.2 Å². The van der Waals surface area contributed by atoms with E-state index in [9.17, 15) is 0 Å². The van der Waals surface area contributed by atoms with Crippen molar-refractivity contribution in [3.05, 3.63) is 70.4 Å². The van der Waals surface area contributed by atoms with Gasteiger partial charge in [0.2, 0.25) is 6.79 Å². The van der Waals surface area contributed by atoms with E-state index in [0.717, 1.165) is 51.5 Å². The van der Waals surface area contributed by atoms with Gasteiger partial charge in [-0.2, -0.15) is 11.3 Å². The molecule has 0 aliphatic carbocycles. The van der Waals surface area contributed by atoms with E-state index in [4.69, 9.17) is 19.2 Å². The summed E-state index contributed by atoms with van der Waals surface area (Å²) in [6.07, 6.45) is 0. The van der Waals surface area contributed by atoms with Crippen LogP contribution in [0.1, 0.15) is 11.1 Å². The van der Waals surface area contributed by atoms with E-state index in [1.54, 1.807) is 18.4 Å². The highest BCUT2D eigenvalue weighted by molar-refractivity contribution is 7.08. The van der Waals surface area contributed by atoms with E-state index in [-0.39, 0.29) is 0 Å². The SMILES string of the molecule is COc1ccc2cc(CNCc3ccc4c(c3)OCO4)c(-c3ccsc3)nc2c1. The summed E-state index contributed by atoms with van der Waals surface area (Å²) in [5, 5.41) is 8.86. The minimum absolute atomic E-state index is 0.295. The number of nitrogens with one attached hydrogen (secondary N) is 1. The molecule has 4 aromatic rings. The van der Waals surface area contributed by atoms with Gasteiger partial charge >= 0.3 is 0 Å². The van der Waals surface area contributed by atoms with Crippen LogP contribution >= 0.6 is 11.3 Å². The number of nitrogens with zero attached hydrogens (tertiary/aromatic N) is 1. The Labute approximate surface area is 172 Å². The molecule has 0 amide bonds. The van der Waals surface area contributed by atoms with Crippen LogP contribution in [0.15, 0.2) is 59.3 Å². The fourth-order valence-corrected chi connectivity index (χ4v) is 4.13. The highest BCUT2D eigenvalue weighted by Crippen LogP contribution is 2.33. The lowest BCUT2D eigenvalue weighted by atomic mass is 10.0. The van der Waals surface area contributed by atoms with Gasteiger partial charge in [-0.3, -0.25) is 0 Å². The summed E-state index contributed by atoms with van der Waals surface area (Å²) in [7, 11) is 1.68. The molecular weight excluding hydrogens is 384 g/mol. The summed E-state index contributed by atoms with van der Waals surface area (Å²) in [4.78, 5) is 4.95. The number of hydrogen-bond acceptors (Lipinski definition) is 6. The predicted molar refractivity (Wildman–Crippen MR) is 115 cm³/mol. The lowest BCUT2D eigenvalue weighted by Crippen LogP contribution is -2.14. The molecule has 3 heterocycles.